The monoisotopic (exact) mass is 246 g/mol. The summed E-state index contributed by atoms with van der Waals surface area (Å²) in [4.78, 5) is 10.3. The lowest BCUT2D eigenvalue weighted by molar-refractivity contribution is 0.112. The number of halogens is 1. The van der Waals surface area contributed by atoms with E-state index in [0.717, 1.165) is 15.4 Å². The molecule has 0 aromatic heterocycles. The summed E-state index contributed by atoms with van der Waals surface area (Å²) < 4.78 is 1.14. The quantitative estimate of drug-likeness (QED) is 0.549. The Hall–Kier alpha value is -0.380. The number of aryl methyl sites for hydroxylation is 1. The van der Waals surface area contributed by atoms with Gasteiger partial charge >= 0.3 is 0 Å². The summed E-state index contributed by atoms with van der Waals surface area (Å²) in [6.45, 7) is 2.02. The van der Waals surface area contributed by atoms with Gasteiger partial charge in [0.25, 0.3) is 0 Å². The molecular weight excluding hydrogens is 239 g/mol. The van der Waals surface area contributed by atoms with Crippen LogP contribution in [0.3, 0.4) is 0 Å². The molecule has 0 aliphatic heterocycles. The third kappa shape index (κ3) is 1.56. The van der Waals surface area contributed by atoms with Crippen molar-refractivity contribution in [2.45, 2.75) is 6.92 Å². The maximum absolute atomic E-state index is 10.3. The van der Waals surface area contributed by atoms with Gasteiger partial charge < -0.3 is 0 Å². The van der Waals surface area contributed by atoms with Gasteiger partial charge in [-0.05, 0) is 41.1 Å². The number of rotatable bonds is 1. The number of hydrogen-bond acceptors (Lipinski definition) is 1. The Labute approximate surface area is 73.6 Å². The summed E-state index contributed by atoms with van der Waals surface area (Å²) in [5, 5.41) is 0. The Kier molecular flexibility index (Phi) is 2.43. The molecule has 0 fully saturated rings. The molecule has 0 bridgehead atoms. The molecular formula is C8H7IO. The van der Waals surface area contributed by atoms with E-state index in [4.69, 9.17) is 0 Å². The summed E-state index contributed by atoms with van der Waals surface area (Å²) >= 11 is 2.21. The van der Waals surface area contributed by atoms with E-state index in [1.807, 2.05) is 25.1 Å². The maximum atomic E-state index is 10.3. The fourth-order valence-electron chi connectivity index (χ4n) is 0.682. The lowest BCUT2D eigenvalue weighted by Crippen LogP contribution is -1.83. The predicted molar refractivity (Wildman–Crippen MR) is 49.3 cm³/mol. The highest BCUT2D eigenvalue weighted by atomic mass is 127. The van der Waals surface area contributed by atoms with E-state index >= 15 is 0 Å². The smallest absolute Gasteiger partial charge is 0.150 e. The summed E-state index contributed by atoms with van der Waals surface area (Å²) in [6, 6.07) is 5.65. The maximum Gasteiger partial charge on any atom is 0.150 e. The second-order valence-corrected chi connectivity index (χ2v) is 3.29. The highest BCUT2D eigenvalue weighted by Gasteiger charge is 1.94. The Morgan fingerprint density at radius 1 is 1.50 bits per heavy atom. The fraction of sp³-hybridized carbons (Fsp3) is 0.125. The van der Waals surface area contributed by atoms with Gasteiger partial charge in [0.15, 0.2) is 0 Å². The van der Waals surface area contributed by atoms with Crippen LogP contribution in [0.15, 0.2) is 18.2 Å². The topological polar surface area (TPSA) is 17.1 Å². The second-order valence-electron chi connectivity index (χ2n) is 2.13. The van der Waals surface area contributed by atoms with Crippen molar-refractivity contribution in [3.8, 4) is 0 Å². The lowest BCUT2D eigenvalue weighted by Gasteiger charge is -1.96. The molecule has 0 heterocycles. The first-order chi connectivity index (χ1) is 4.74. The molecule has 0 aliphatic carbocycles. The molecule has 0 atom stereocenters. The molecule has 0 amide bonds. The standard InChI is InChI=1S/C8H7IO/c1-6-2-3-7(5-10)4-8(6)9/h2-5H,1H3. The molecule has 0 spiro atoms. The van der Waals surface area contributed by atoms with E-state index in [9.17, 15) is 4.79 Å². The van der Waals surface area contributed by atoms with Crippen molar-refractivity contribution in [1.82, 2.24) is 0 Å². The Morgan fingerprint density at radius 3 is 2.70 bits per heavy atom. The predicted octanol–water partition coefficient (Wildman–Crippen LogP) is 2.41. The van der Waals surface area contributed by atoms with Crippen LogP contribution in [0.4, 0.5) is 0 Å². The first kappa shape index (κ1) is 7.72. The summed E-state index contributed by atoms with van der Waals surface area (Å²) in [5.74, 6) is 0. The molecule has 0 N–H and O–H groups in total. The number of hydrogen-bond donors (Lipinski definition) is 0. The Balaban J connectivity index is 3.16. The van der Waals surface area contributed by atoms with Crippen LogP contribution in [0.25, 0.3) is 0 Å². The molecule has 1 aromatic carbocycles. The summed E-state index contributed by atoms with van der Waals surface area (Å²) in [5.41, 5.74) is 1.96. The van der Waals surface area contributed by atoms with Gasteiger partial charge in [0, 0.05) is 9.13 Å². The first-order valence-corrected chi connectivity index (χ1v) is 4.03. The lowest BCUT2D eigenvalue weighted by atomic mass is 10.2. The van der Waals surface area contributed by atoms with Crippen molar-refractivity contribution in [1.29, 1.82) is 0 Å². The van der Waals surface area contributed by atoms with Gasteiger partial charge in [-0.15, -0.1) is 0 Å². The van der Waals surface area contributed by atoms with Gasteiger partial charge in [-0.1, -0.05) is 12.1 Å². The molecule has 10 heavy (non-hydrogen) atoms. The van der Waals surface area contributed by atoms with Crippen LogP contribution in [0.2, 0.25) is 0 Å². The van der Waals surface area contributed by atoms with Crippen LogP contribution in [-0.4, -0.2) is 6.29 Å². The van der Waals surface area contributed by atoms with E-state index in [2.05, 4.69) is 22.6 Å². The molecule has 0 aliphatic rings. The summed E-state index contributed by atoms with van der Waals surface area (Å²) in [6.07, 6.45) is 0.863. The number of carbonyl (C=O) groups is 1. The molecule has 0 saturated heterocycles. The van der Waals surface area contributed by atoms with Crippen molar-refractivity contribution in [3.05, 3.63) is 32.9 Å². The summed E-state index contributed by atoms with van der Waals surface area (Å²) in [7, 11) is 0. The van der Waals surface area contributed by atoms with Gasteiger partial charge in [0.2, 0.25) is 0 Å². The normalized spacial score (nSPS) is 9.40. The molecule has 52 valence electrons. The Morgan fingerprint density at radius 2 is 2.20 bits per heavy atom. The average molecular weight is 246 g/mol. The van der Waals surface area contributed by atoms with Crippen LogP contribution in [-0.2, 0) is 0 Å². The number of carbonyl (C=O) groups excluding carboxylic acids is 1. The number of benzene rings is 1. The molecule has 2 heteroatoms. The van der Waals surface area contributed by atoms with Gasteiger partial charge in [-0.2, -0.15) is 0 Å². The van der Waals surface area contributed by atoms with Crippen molar-refractivity contribution >= 4 is 28.9 Å². The molecule has 1 nitrogen and oxygen atoms in total. The van der Waals surface area contributed by atoms with E-state index in [1.54, 1.807) is 0 Å². The second kappa shape index (κ2) is 3.14. The zero-order valence-electron chi connectivity index (χ0n) is 5.60. The van der Waals surface area contributed by atoms with Gasteiger partial charge in [-0.3, -0.25) is 4.79 Å². The minimum atomic E-state index is 0.745. The largest absolute Gasteiger partial charge is 0.298 e. The zero-order chi connectivity index (χ0) is 7.56. The molecule has 0 radical (unpaired) electrons. The van der Waals surface area contributed by atoms with Crippen LogP contribution in [0.5, 0.6) is 0 Å². The minimum Gasteiger partial charge on any atom is -0.298 e. The van der Waals surface area contributed by atoms with Crippen LogP contribution >= 0.6 is 22.6 Å². The van der Waals surface area contributed by atoms with Gasteiger partial charge in [-0.25, -0.2) is 0 Å². The van der Waals surface area contributed by atoms with Crippen molar-refractivity contribution in [3.63, 3.8) is 0 Å². The molecule has 0 saturated carbocycles. The third-order valence-electron chi connectivity index (χ3n) is 1.33. The van der Waals surface area contributed by atoms with E-state index < -0.39 is 0 Å². The Bertz CT molecular complexity index is 255. The van der Waals surface area contributed by atoms with E-state index in [1.165, 1.54) is 5.56 Å². The van der Waals surface area contributed by atoms with Gasteiger partial charge in [0.05, 0.1) is 0 Å². The van der Waals surface area contributed by atoms with Gasteiger partial charge in [0.1, 0.15) is 6.29 Å². The highest BCUT2D eigenvalue weighted by molar-refractivity contribution is 14.1. The SMILES string of the molecule is Cc1ccc(C=O)cc1I. The van der Waals surface area contributed by atoms with Crippen LogP contribution in [0.1, 0.15) is 15.9 Å². The molecule has 1 rings (SSSR count). The molecule has 0 unspecified atom stereocenters. The van der Waals surface area contributed by atoms with Crippen LogP contribution < -0.4 is 0 Å². The van der Waals surface area contributed by atoms with Crippen molar-refractivity contribution in [2.24, 2.45) is 0 Å². The van der Waals surface area contributed by atoms with Crippen molar-refractivity contribution in [2.75, 3.05) is 0 Å². The van der Waals surface area contributed by atoms with Crippen molar-refractivity contribution < 1.29 is 4.79 Å². The minimum absolute atomic E-state index is 0.745. The molecule has 1 aromatic rings. The number of aldehydes is 1. The van der Waals surface area contributed by atoms with E-state index in [0.29, 0.717) is 0 Å². The first-order valence-electron chi connectivity index (χ1n) is 2.95. The fourth-order valence-corrected chi connectivity index (χ4v) is 1.22. The average Bonchev–Trinajstić information content (AvgIpc) is 1.95. The highest BCUT2D eigenvalue weighted by Crippen LogP contribution is 2.11. The van der Waals surface area contributed by atoms with E-state index in [-0.39, 0.29) is 0 Å². The zero-order valence-corrected chi connectivity index (χ0v) is 7.75. The van der Waals surface area contributed by atoms with Crippen LogP contribution in [0, 0.1) is 10.5 Å². The third-order valence-corrected chi connectivity index (χ3v) is 2.49.